The number of nitrogens with one attached hydrogen (secondary N) is 2. The third-order valence-electron chi connectivity index (χ3n) is 5.58. The number of para-hydroxylation sites is 1. The van der Waals surface area contributed by atoms with E-state index in [1.807, 2.05) is 30.5 Å². The lowest BCUT2D eigenvalue weighted by molar-refractivity contribution is -0.114. The lowest BCUT2D eigenvalue weighted by atomic mass is 9.84. The molecule has 0 saturated heterocycles. The van der Waals surface area contributed by atoms with Gasteiger partial charge in [0.1, 0.15) is 11.4 Å². The summed E-state index contributed by atoms with van der Waals surface area (Å²) in [7, 11) is -3.82. The number of hydrogen-bond donors (Lipinski definition) is 2. The van der Waals surface area contributed by atoms with Gasteiger partial charge in [-0.05, 0) is 43.4 Å². The van der Waals surface area contributed by atoms with Crippen molar-refractivity contribution in [3.8, 4) is 5.75 Å². The fourth-order valence-corrected chi connectivity index (χ4v) is 5.58. The molecule has 0 bridgehead atoms. The molecule has 0 fully saturated rings. The summed E-state index contributed by atoms with van der Waals surface area (Å²) in [5.74, 6) is 0.471. The van der Waals surface area contributed by atoms with Gasteiger partial charge < -0.3 is 10.1 Å². The van der Waals surface area contributed by atoms with Crippen molar-refractivity contribution < 1.29 is 17.9 Å². The summed E-state index contributed by atoms with van der Waals surface area (Å²) in [6, 6.07) is 12.0. The van der Waals surface area contributed by atoms with E-state index in [9.17, 15) is 13.2 Å². The van der Waals surface area contributed by atoms with Gasteiger partial charge in [-0.3, -0.25) is 4.79 Å². The van der Waals surface area contributed by atoms with Crippen LogP contribution in [-0.2, 0) is 14.8 Å². The van der Waals surface area contributed by atoms with Crippen LogP contribution in [0.25, 0.3) is 0 Å². The second-order valence-electron chi connectivity index (χ2n) is 7.45. The smallest absolute Gasteiger partial charge is 0.241 e. The molecular weight excluding hydrogens is 420 g/mol. The molecular formula is C22H28N2O4S2. The Labute approximate surface area is 182 Å². The highest BCUT2D eigenvalue weighted by Crippen LogP contribution is 2.43. The van der Waals surface area contributed by atoms with Gasteiger partial charge in [0, 0.05) is 23.8 Å². The molecule has 1 unspecified atom stereocenters. The van der Waals surface area contributed by atoms with Gasteiger partial charge in [-0.15, -0.1) is 11.8 Å². The maximum Gasteiger partial charge on any atom is 0.241 e. The average Bonchev–Trinajstić information content (AvgIpc) is 2.72. The van der Waals surface area contributed by atoms with Gasteiger partial charge in [-0.25, -0.2) is 13.1 Å². The predicted octanol–water partition coefficient (Wildman–Crippen LogP) is 4.73. The molecule has 0 aromatic heterocycles. The second kappa shape index (κ2) is 8.99. The number of fused-ring (bicyclic) bond motifs is 1. The molecule has 3 rings (SSSR count). The van der Waals surface area contributed by atoms with Crippen LogP contribution in [-0.4, -0.2) is 26.2 Å². The van der Waals surface area contributed by atoms with E-state index in [2.05, 4.69) is 23.9 Å². The summed E-state index contributed by atoms with van der Waals surface area (Å²) in [5.41, 5.74) is 0.911. The molecule has 1 amide bonds. The van der Waals surface area contributed by atoms with Gasteiger partial charge in [0.25, 0.3) is 0 Å². The zero-order valence-electron chi connectivity index (χ0n) is 17.7. The number of sulfonamides is 1. The highest BCUT2D eigenvalue weighted by atomic mass is 32.2. The van der Waals surface area contributed by atoms with Crippen LogP contribution in [0.5, 0.6) is 5.75 Å². The molecule has 0 radical (unpaired) electrons. The van der Waals surface area contributed by atoms with Crippen molar-refractivity contribution in [1.29, 1.82) is 0 Å². The van der Waals surface area contributed by atoms with Crippen molar-refractivity contribution in [2.45, 2.75) is 61.5 Å². The van der Waals surface area contributed by atoms with Crippen LogP contribution in [0.1, 0.15) is 51.6 Å². The Kier molecular flexibility index (Phi) is 6.79. The number of amides is 1. The van der Waals surface area contributed by atoms with E-state index in [4.69, 9.17) is 4.74 Å². The average molecular weight is 449 g/mol. The molecule has 2 N–H and O–H groups in total. The monoisotopic (exact) mass is 448 g/mol. The third-order valence-corrected chi connectivity index (χ3v) is 7.84. The first-order chi connectivity index (χ1) is 14.2. The highest BCUT2D eigenvalue weighted by molar-refractivity contribution is 7.98. The molecule has 1 heterocycles. The molecule has 1 atom stereocenters. The first kappa shape index (κ1) is 22.7. The zero-order valence-corrected chi connectivity index (χ0v) is 19.3. The number of hydrogen-bond acceptors (Lipinski definition) is 5. The maximum atomic E-state index is 13.3. The molecule has 0 aliphatic carbocycles. The molecule has 162 valence electrons. The number of anilines is 1. The second-order valence-corrected chi connectivity index (χ2v) is 10.0. The summed E-state index contributed by atoms with van der Waals surface area (Å²) in [6.07, 6.45) is 4.00. The van der Waals surface area contributed by atoms with Crippen molar-refractivity contribution in [3.63, 3.8) is 0 Å². The normalized spacial score (nSPS) is 17.7. The van der Waals surface area contributed by atoms with E-state index in [0.29, 0.717) is 12.1 Å². The zero-order chi connectivity index (χ0) is 21.9. The van der Waals surface area contributed by atoms with Crippen molar-refractivity contribution in [2.24, 2.45) is 0 Å². The molecule has 2 aromatic carbocycles. The number of benzene rings is 2. The SMILES string of the molecule is CCC1(CC)CC(NS(=O)(=O)c2ccc(SC)c(NC(C)=O)c2)c2ccccc2O1. The van der Waals surface area contributed by atoms with Gasteiger partial charge in [-0.1, -0.05) is 32.0 Å². The minimum Gasteiger partial charge on any atom is -0.487 e. The fourth-order valence-electron chi connectivity index (χ4n) is 3.80. The Morgan fingerprint density at radius 2 is 1.90 bits per heavy atom. The van der Waals surface area contributed by atoms with Gasteiger partial charge >= 0.3 is 0 Å². The van der Waals surface area contributed by atoms with Crippen molar-refractivity contribution in [2.75, 3.05) is 11.6 Å². The van der Waals surface area contributed by atoms with Crippen LogP contribution in [0.15, 0.2) is 52.3 Å². The number of rotatable bonds is 7. The predicted molar refractivity (Wildman–Crippen MR) is 121 cm³/mol. The quantitative estimate of drug-likeness (QED) is 0.598. The van der Waals surface area contributed by atoms with E-state index in [1.54, 1.807) is 12.1 Å². The highest BCUT2D eigenvalue weighted by Gasteiger charge is 2.40. The third kappa shape index (κ3) is 4.66. The first-order valence-electron chi connectivity index (χ1n) is 9.99. The number of carbonyl (C=O) groups excluding carboxylic acids is 1. The van der Waals surface area contributed by atoms with Crippen LogP contribution in [0.2, 0.25) is 0 Å². The summed E-state index contributed by atoms with van der Waals surface area (Å²) in [4.78, 5) is 12.5. The van der Waals surface area contributed by atoms with Crippen LogP contribution >= 0.6 is 11.8 Å². The molecule has 0 saturated carbocycles. The van der Waals surface area contributed by atoms with E-state index in [1.165, 1.54) is 24.8 Å². The Morgan fingerprint density at radius 1 is 1.20 bits per heavy atom. The van der Waals surface area contributed by atoms with Gasteiger partial charge in [-0.2, -0.15) is 0 Å². The Morgan fingerprint density at radius 3 is 2.53 bits per heavy atom. The topological polar surface area (TPSA) is 84.5 Å². The molecule has 8 heteroatoms. The number of carbonyl (C=O) groups is 1. The van der Waals surface area contributed by atoms with E-state index in [-0.39, 0.29) is 10.8 Å². The lowest BCUT2D eigenvalue weighted by Gasteiger charge is -2.41. The Balaban J connectivity index is 1.97. The summed E-state index contributed by atoms with van der Waals surface area (Å²) in [6.45, 7) is 5.52. The van der Waals surface area contributed by atoms with E-state index >= 15 is 0 Å². The van der Waals surface area contributed by atoms with Gasteiger partial charge in [0.15, 0.2) is 0 Å². The van der Waals surface area contributed by atoms with Crippen molar-refractivity contribution in [3.05, 3.63) is 48.0 Å². The summed E-state index contributed by atoms with van der Waals surface area (Å²) in [5, 5.41) is 2.72. The Bertz CT molecular complexity index is 1030. The Hall–Kier alpha value is -2.03. The molecule has 0 spiro atoms. The summed E-state index contributed by atoms with van der Waals surface area (Å²) >= 11 is 1.44. The first-order valence-corrected chi connectivity index (χ1v) is 12.7. The molecule has 2 aromatic rings. The largest absolute Gasteiger partial charge is 0.487 e. The maximum absolute atomic E-state index is 13.3. The molecule has 30 heavy (non-hydrogen) atoms. The number of thioether (sulfide) groups is 1. The minimum atomic E-state index is -3.82. The van der Waals surface area contributed by atoms with E-state index in [0.717, 1.165) is 29.1 Å². The lowest BCUT2D eigenvalue weighted by Crippen LogP contribution is -2.44. The van der Waals surface area contributed by atoms with Crippen molar-refractivity contribution >= 4 is 33.4 Å². The van der Waals surface area contributed by atoms with Crippen molar-refractivity contribution in [1.82, 2.24) is 4.72 Å². The molecule has 6 nitrogen and oxygen atoms in total. The van der Waals surface area contributed by atoms with Crippen LogP contribution in [0.4, 0.5) is 5.69 Å². The van der Waals surface area contributed by atoms with E-state index < -0.39 is 21.7 Å². The number of ether oxygens (including phenoxy) is 1. The fraction of sp³-hybridized carbons (Fsp3) is 0.409. The van der Waals surface area contributed by atoms with Gasteiger partial charge in [0.2, 0.25) is 15.9 Å². The van der Waals surface area contributed by atoms with Crippen LogP contribution < -0.4 is 14.8 Å². The summed E-state index contributed by atoms with van der Waals surface area (Å²) < 4.78 is 35.7. The van der Waals surface area contributed by atoms with Crippen LogP contribution in [0, 0.1) is 0 Å². The van der Waals surface area contributed by atoms with Crippen LogP contribution in [0.3, 0.4) is 0 Å². The molecule has 1 aliphatic heterocycles. The minimum absolute atomic E-state index is 0.117. The van der Waals surface area contributed by atoms with Gasteiger partial charge in [0.05, 0.1) is 16.6 Å². The standard InChI is InChI=1S/C22H28N2O4S2/c1-5-22(6-2)14-19(17-9-7-8-10-20(17)28-22)24-30(26,27)16-11-12-21(29-4)18(13-16)23-15(3)25/h7-13,19,24H,5-6,14H2,1-4H3,(H,23,25). The molecule has 1 aliphatic rings.